The van der Waals surface area contributed by atoms with Crippen molar-refractivity contribution < 1.29 is 9.57 Å². The molecule has 6 nitrogen and oxygen atoms in total. The van der Waals surface area contributed by atoms with Gasteiger partial charge in [-0.15, -0.1) is 0 Å². The third kappa shape index (κ3) is 7.10. The van der Waals surface area contributed by atoms with E-state index in [1.807, 2.05) is 121 Å². The van der Waals surface area contributed by atoms with Crippen molar-refractivity contribution in [2.45, 2.75) is 23.0 Å². The molecule has 0 saturated carbocycles. The van der Waals surface area contributed by atoms with Crippen LogP contribution in [0.15, 0.2) is 143 Å². The molecule has 0 saturated heterocycles. The van der Waals surface area contributed by atoms with Gasteiger partial charge in [0.25, 0.3) is 0 Å². The van der Waals surface area contributed by atoms with E-state index in [0.717, 1.165) is 22.3 Å². The second-order valence-corrected chi connectivity index (χ2v) is 12.5. The van der Waals surface area contributed by atoms with Crippen molar-refractivity contribution >= 4 is 35.5 Å². The molecule has 1 N–H and O–H groups in total. The molecule has 0 aliphatic rings. The summed E-state index contributed by atoms with van der Waals surface area (Å²) < 4.78 is 11.8. The summed E-state index contributed by atoms with van der Waals surface area (Å²) in [6, 6.07) is 43.2. The number of benzene rings is 4. The normalized spacial score (nSPS) is 11.0. The van der Waals surface area contributed by atoms with Gasteiger partial charge in [-0.2, -0.15) is 9.99 Å². The minimum atomic E-state index is -0.517. The molecule has 4 aromatic carbocycles. The first-order valence-electron chi connectivity index (χ1n) is 14.1. The molecule has 0 atom stereocenters. The van der Waals surface area contributed by atoms with Crippen LogP contribution >= 0.6 is 35.5 Å². The Morgan fingerprint density at radius 2 is 1.29 bits per heavy atom. The quantitative estimate of drug-likeness (QED) is 0.112. The molecular weight excluding hydrogens is 619 g/mol. The number of hydrogen-bond acceptors (Lipinski definition) is 7. The zero-order chi connectivity index (χ0) is 31.0. The summed E-state index contributed by atoms with van der Waals surface area (Å²) in [5.74, 6) is 0.484. The van der Waals surface area contributed by atoms with E-state index in [1.54, 1.807) is 10.9 Å². The zero-order valence-corrected chi connectivity index (χ0v) is 26.4. The van der Waals surface area contributed by atoms with E-state index in [1.165, 1.54) is 29.4 Å². The van der Waals surface area contributed by atoms with Crippen LogP contribution in [0.4, 0.5) is 0 Å². The highest BCUT2D eigenvalue weighted by atomic mass is 32.2. The maximum atomic E-state index is 13.7. The fourth-order valence-electron chi connectivity index (χ4n) is 4.86. The Labute approximate surface area is 274 Å². The van der Waals surface area contributed by atoms with Crippen molar-refractivity contribution in [2.24, 2.45) is 0 Å². The predicted octanol–water partition coefficient (Wildman–Crippen LogP) is 8.52. The molecule has 0 fully saturated rings. The first-order chi connectivity index (χ1) is 22.1. The van der Waals surface area contributed by atoms with Gasteiger partial charge in [0.05, 0.1) is 11.9 Å². The number of nitrogens with zero attached hydrogens (tertiary/aromatic N) is 2. The number of nitrogens with one attached hydrogen (secondary N) is 1. The SMILES string of the molecule is N#Cc1c(SCc2cc(=O)c(OC(c3ccccc3)c3ccccc3)cn2OC(c2ccccc2)c2ccccc2)[nH]sc1=S. The maximum absolute atomic E-state index is 13.7. The maximum Gasteiger partial charge on any atom is 0.223 e. The smallest absolute Gasteiger partial charge is 0.223 e. The summed E-state index contributed by atoms with van der Waals surface area (Å²) in [6.07, 6.45) is 0.626. The molecule has 6 rings (SSSR count). The predicted molar refractivity (Wildman–Crippen MR) is 181 cm³/mol. The standard InChI is InChI=1S/C36H27N3O3S3/c37-22-30-35(38-45-36(30)43)44-24-29-21-31(40)32(41-33(25-13-5-1-6-14-25)26-15-7-2-8-16-26)23-39(29)42-34(27-17-9-3-10-18-27)28-19-11-4-12-20-28/h1-21,23,33-34,38H,24H2. The van der Waals surface area contributed by atoms with Crippen molar-refractivity contribution in [1.29, 1.82) is 5.26 Å². The van der Waals surface area contributed by atoms with Crippen LogP contribution in [0, 0.1) is 15.2 Å². The third-order valence-corrected chi connectivity index (χ3v) is 9.39. The highest BCUT2D eigenvalue weighted by Crippen LogP contribution is 2.31. The summed E-state index contributed by atoms with van der Waals surface area (Å²) in [5.41, 5.74) is 4.47. The van der Waals surface area contributed by atoms with Gasteiger partial charge in [0.1, 0.15) is 26.6 Å². The molecule has 0 bridgehead atoms. The van der Waals surface area contributed by atoms with E-state index in [9.17, 15) is 10.1 Å². The summed E-state index contributed by atoms with van der Waals surface area (Å²) in [4.78, 5) is 20.4. The van der Waals surface area contributed by atoms with Gasteiger partial charge in [0.2, 0.25) is 5.43 Å². The zero-order valence-electron chi connectivity index (χ0n) is 23.9. The van der Waals surface area contributed by atoms with Crippen molar-refractivity contribution in [3.8, 4) is 11.8 Å². The highest BCUT2D eigenvalue weighted by Gasteiger charge is 2.22. The second kappa shape index (κ2) is 14.3. The average molecular weight is 646 g/mol. The van der Waals surface area contributed by atoms with Crippen molar-refractivity contribution in [3.05, 3.63) is 181 Å². The Hall–Kier alpha value is -4.88. The molecule has 2 heterocycles. The molecule has 0 amide bonds. The van der Waals surface area contributed by atoms with Gasteiger partial charge in [-0.3, -0.25) is 4.79 Å². The molecule has 0 aliphatic heterocycles. The summed E-state index contributed by atoms with van der Waals surface area (Å²) >= 11 is 7.93. The fraction of sp³-hybridized carbons (Fsp3) is 0.0833. The van der Waals surface area contributed by atoms with Crippen LogP contribution in [0.25, 0.3) is 0 Å². The van der Waals surface area contributed by atoms with Crippen LogP contribution in [-0.2, 0) is 5.75 Å². The molecule has 45 heavy (non-hydrogen) atoms. The van der Waals surface area contributed by atoms with Gasteiger partial charge in [-0.25, -0.2) is 0 Å². The summed E-state index contributed by atoms with van der Waals surface area (Å²) in [7, 11) is 0. The number of ether oxygens (including phenoxy) is 1. The number of aromatic amines is 1. The fourth-order valence-corrected chi connectivity index (χ4v) is 6.95. The van der Waals surface area contributed by atoms with Crippen LogP contribution in [0.1, 0.15) is 45.7 Å². The molecule has 0 radical (unpaired) electrons. The molecule has 9 heteroatoms. The first-order valence-corrected chi connectivity index (χ1v) is 16.4. The van der Waals surface area contributed by atoms with Crippen LogP contribution in [0.5, 0.6) is 5.75 Å². The van der Waals surface area contributed by atoms with Gasteiger partial charge in [0.15, 0.2) is 11.9 Å². The number of pyridine rings is 1. The molecule has 0 unspecified atom stereocenters. The number of hydrogen-bond donors (Lipinski definition) is 1. The Bertz CT molecular complexity index is 1940. The minimum Gasteiger partial charge on any atom is -0.475 e. The molecule has 222 valence electrons. The van der Waals surface area contributed by atoms with E-state index in [4.69, 9.17) is 21.8 Å². The van der Waals surface area contributed by atoms with E-state index >= 15 is 0 Å². The Morgan fingerprint density at radius 1 is 0.800 bits per heavy atom. The lowest BCUT2D eigenvalue weighted by atomic mass is 10.0. The lowest BCUT2D eigenvalue weighted by molar-refractivity contribution is 0.0528. The Kier molecular flexibility index (Phi) is 9.56. The van der Waals surface area contributed by atoms with Gasteiger partial charge in [-0.05, 0) is 33.8 Å². The summed E-state index contributed by atoms with van der Waals surface area (Å²) in [6.45, 7) is 0. The highest BCUT2D eigenvalue weighted by molar-refractivity contribution is 7.98. The first kappa shape index (κ1) is 30.2. The molecule has 0 aliphatic carbocycles. The number of nitriles is 1. The van der Waals surface area contributed by atoms with Crippen molar-refractivity contribution in [1.82, 2.24) is 9.10 Å². The van der Waals surface area contributed by atoms with Crippen LogP contribution in [0.3, 0.4) is 0 Å². The number of H-pyrrole nitrogens is 1. The van der Waals surface area contributed by atoms with E-state index in [0.29, 0.717) is 25.9 Å². The lowest BCUT2D eigenvalue weighted by Gasteiger charge is -2.25. The van der Waals surface area contributed by atoms with E-state index in [2.05, 4.69) is 10.4 Å². The molecule has 0 spiro atoms. The van der Waals surface area contributed by atoms with E-state index in [-0.39, 0.29) is 11.2 Å². The topological polar surface area (TPSA) is 80.0 Å². The lowest BCUT2D eigenvalue weighted by Crippen LogP contribution is -2.25. The van der Waals surface area contributed by atoms with Crippen molar-refractivity contribution in [2.75, 3.05) is 0 Å². The second-order valence-electron chi connectivity index (χ2n) is 10.0. The number of rotatable bonds is 11. The Morgan fingerprint density at radius 3 is 1.78 bits per heavy atom. The monoisotopic (exact) mass is 645 g/mol. The molecule has 2 aromatic heterocycles. The number of thioether (sulfide) groups is 1. The number of aromatic nitrogens is 2. The van der Waals surface area contributed by atoms with E-state index < -0.39 is 12.2 Å². The van der Waals surface area contributed by atoms with Gasteiger partial charge >= 0.3 is 0 Å². The van der Waals surface area contributed by atoms with Crippen molar-refractivity contribution in [3.63, 3.8) is 0 Å². The minimum absolute atomic E-state index is 0.147. The van der Waals surface area contributed by atoms with Gasteiger partial charge < -0.3 is 13.9 Å². The van der Waals surface area contributed by atoms with Gasteiger partial charge in [-0.1, -0.05) is 145 Å². The largest absolute Gasteiger partial charge is 0.475 e. The molecule has 6 aromatic rings. The third-order valence-electron chi connectivity index (χ3n) is 7.08. The van der Waals surface area contributed by atoms with Crippen LogP contribution in [-0.4, -0.2) is 9.10 Å². The Balaban J connectivity index is 1.43. The van der Waals surface area contributed by atoms with Crippen LogP contribution in [0.2, 0.25) is 0 Å². The average Bonchev–Trinajstić information content (AvgIpc) is 3.46. The van der Waals surface area contributed by atoms with Gasteiger partial charge in [0, 0.05) is 11.8 Å². The molecular formula is C36H27N3O3S3. The summed E-state index contributed by atoms with van der Waals surface area (Å²) in [5, 5.41) is 10.3. The van der Waals surface area contributed by atoms with Crippen LogP contribution < -0.4 is 15.0 Å².